The Labute approximate surface area is 192 Å². The van der Waals surface area contributed by atoms with Gasteiger partial charge >= 0.3 is 0 Å². The first-order valence-corrected chi connectivity index (χ1v) is 10.9. The number of rotatable bonds is 9. The molecule has 3 aromatic rings. The molecule has 0 aliphatic heterocycles. The molecular formula is C29H32N2O. The molecule has 0 radical (unpaired) electrons. The number of benzene rings is 3. The van der Waals surface area contributed by atoms with Crippen LogP contribution >= 0.6 is 0 Å². The first-order chi connectivity index (χ1) is 15.4. The fraction of sp³-hybridized carbons (Fsp3) is 0.207. The maximum Gasteiger partial charge on any atom is 0.128 e. The van der Waals surface area contributed by atoms with E-state index in [1.165, 1.54) is 0 Å². The molecule has 0 spiro atoms. The number of aliphatic imine (C=N–C) groups is 1. The molecule has 0 unspecified atom stereocenters. The Morgan fingerprint density at radius 3 is 2.28 bits per heavy atom. The van der Waals surface area contributed by atoms with Crippen molar-refractivity contribution in [2.45, 2.75) is 26.2 Å². The predicted octanol–water partition coefficient (Wildman–Crippen LogP) is 6.96. The van der Waals surface area contributed by atoms with Crippen molar-refractivity contribution in [2.24, 2.45) is 4.99 Å². The van der Waals surface area contributed by atoms with Gasteiger partial charge in [0.2, 0.25) is 0 Å². The number of phenolic OH excluding ortho intramolecular Hbond substituents is 1. The van der Waals surface area contributed by atoms with Gasteiger partial charge in [0.25, 0.3) is 0 Å². The van der Waals surface area contributed by atoms with E-state index in [9.17, 15) is 5.11 Å². The summed E-state index contributed by atoms with van der Waals surface area (Å²) in [6.07, 6.45) is 5.50. The van der Waals surface area contributed by atoms with Crippen LogP contribution in [0.5, 0.6) is 5.75 Å². The maximum atomic E-state index is 11.1. The van der Waals surface area contributed by atoms with Crippen LogP contribution in [0.25, 0.3) is 0 Å². The summed E-state index contributed by atoms with van der Waals surface area (Å²) in [5, 5.41) is 11.1. The highest BCUT2D eigenvalue weighted by Crippen LogP contribution is 2.39. The Morgan fingerprint density at radius 2 is 1.62 bits per heavy atom. The van der Waals surface area contributed by atoms with Crippen LogP contribution in [0.3, 0.4) is 0 Å². The van der Waals surface area contributed by atoms with Gasteiger partial charge in [-0.1, -0.05) is 68.5 Å². The van der Waals surface area contributed by atoms with Crippen LogP contribution in [0, 0.1) is 6.92 Å². The van der Waals surface area contributed by atoms with Gasteiger partial charge < -0.3 is 10.0 Å². The minimum Gasteiger partial charge on any atom is -0.507 e. The van der Waals surface area contributed by atoms with E-state index in [2.05, 4.69) is 61.2 Å². The van der Waals surface area contributed by atoms with Crippen LogP contribution in [0.2, 0.25) is 0 Å². The fourth-order valence-corrected chi connectivity index (χ4v) is 3.90. The number of hydrogen-bond donors (Lipinski definition) is 1. The second-order valence-corrected chi connectivity index (χ2v) is 8.50. The number of aryl methyl sites for hydroxylation is 1. The Balaban J connectivity index is 1.96. The summed E-state index contributed by atoms with van der Waals surface area (Å²) in [6.45, 7) is 15.5. The third-order valence-corrected chi connectivity index (χ3v) is 5.70. The number of anilines is 1. The van der Waals surface area contributed by atoms with Gasteiger partial charge in [0.1, 0.15) is 5.75 Å². The Hall–Kier alpha value is -3.59. The van der Waals surface area contributed by atoms with Crippen molar-refractivity contribution < 1.29 is 5.11 Å². The molecule has 0 fully saturated rings. The van der Waals surface area contributed by atoms with Crippen molar-refractivity contribution in [3.8, 4) is 5.75 Å². The summed E-state index contributed by atoms with van der Waals surface area (Å²) in [5.41, 5.74) is 5.38. The summed E-state index contributed by atoms with van der Waals surface area (Å²) in [5.74, 6) is 0.268. The van der Waals surface area contributed by atoms with Gasteiger partial charge in [-0.15, -0.1) is 13.2 Å². The molecule has 0 aliphatic rings. The molecule has 3 aromatic carbocycles. The SMILES string of the molecule is C=CCN(CC=C)c1cccc(N=Cc2cc(C)cc(C(C)(C)c3ccccc3)c2O)c1. The molecule has 32 heavy (non-hydrogen) atoms. The lowest BCUT2D eigenvalue weighted by Gasteiger charge is -2.28. The minimum absolute atomic E-state index is 0.268. The molecule has 164 valence electrons. The molecule has 0 bridgehead atoms. The quantitative estimate of drug-likeness (QED) is 0.298. The highest BCUT2D eigenvalue weighted by atomic mass is 16.3. The number of nitrogens with zero attached hydrogens (tertiary/aromatic N) is 2. The minimum atomic E-state index is -0.338. The zero-order valence-electron chi connectivity index (χ0n) is 19.3. The van der Waals surface area contributed by atoms with E-state index in [4.69, 9.17) is 0 Å². The smallest absolute Gasteiger partial charge is 0.128 e. The third-order valence-electron chi connectivity index (χ3n) is 5.70. The van der Waals surface area contributed by atoms with E-state index in [1.54, 1.807) is 6.21 Å². The summed E-state index contributed by atoms with van der Waals surface area (Å²) in [4.78, 5) is 6.84. The second-order valence-electron chi connectivity index (χ2n) is 8.50. The van der Waals surface area contributed by atoms with Crippen molar-refractivity contribution in [1.82, 2.24) is 0 Å². The van der Waals surface area contributed by atoms with E-state index in [0.717, 1.165) is 41.2 Å². The lowest BCUT2D eigenvalue weighted by molar-refractivity contribution is 0.452. The predicted molar refractivity (Wildman–Crippen MR) is 138 cm³/mol. The highest BCUT2D eigenvalue weighted by molar-refractivity contribution is 5.87. The van der Waals surface area contributed by atoms with Crippen LogP contribution in [-0.2, 0) is 5.41 Å². The van der Waals surface area contributed by atoms with E-state index >= 15 is 0 Å². The number of phenols is 1. The average Bonchev–Trinajstić information content (AvgIpc) is 2.80. The van der Waals surface area contributed by atoms with Gasteiger partial charge in [-0.25, -0.2) is 0 Å². The standard InChI is InChI=1S/C29H32N2O/c1-6-16-31(17-7-2)26-15-11-14-25(20-26)30-21-23-18-22(3)19-27(28(23)32)29(4,5)24-12-9-8-10-13-24/h6-15,18-21,32H,1-2,16-17H2,3-5H3. The van der Waals surface area contributed by atoms with Crippen LogP contribution in [0.4, 0.5) is 11.4 Å². The molecule has 0 saturated carbocycles. The molecule has 0 aliphatic carbocycles. The Morgan fingerprint density at radius 1 is 0.938 bits per heavy atom. The van der Waals surface area contributed by atoms with E-state index in [0.29, 0.717) is 5.56 Å². The maximum absolute atomic E-state index is 11.1. The molecule has 3 heteroatoms. The zero-order chi connectivity index (χ0) is 23.1. The van der Waals surface area contributed by atoms with Crippen molar-refractivity contribution in [3.63, 3.8) is 0 Å². The lowest BCUT2D eigenvalue weighted by Crippen LogP contribution is -2.22. The van der Waals surface area contributed by atoms with Crippen molar-refractivity contribution >= 4 is 17.6 Å². The lowest BCUT2D eigenvalue weighted by atomic mass is 9.76. The molecule has 0 heterocycles. The first kappa shape index (κ1) is 23.1. The van der Waals surface area contributed by atoms with Gasteiger partial charge in [0.05, 0.1) is 5.69 Å². The largest absolute Gasteiger partial charge is 0.507 e. The van der Waals surface area contributed by atoms with Gasteiger partial charge in [0.15, 0.2) is 0 Å². The molecule has 0 aromatic heterocycles. The molecule has 3 nitrogen and oxygen atoms in total. The normalized spacial score (nSPS) is 11.5. The number of hydrogen-bond acceptors (Lipinski definition) is 3. The fourth-order valence-electron chi connectivity index (χ4n) is 3.90. The molecule has 0 amide bonds. The molecule has 0 saturated heterocycles. The summed E-state index contributed by atoms with van der Waals surface area (Å²) in [6, 6.07) is 22.3. The van der Waals surface area contributed by atoms with Crippen LogP contribution in [-0.4, -0.2) is 24.4 Å². The molecule has 0 atom stereocenters. The van der Waals surface area contributed by atoms with Gasteiger partial charge in [0, 0.05) is 41.5 Å². The van der Waals surface area contributed by atoms with Crippen molar-refractivity contribution in [2.75, 3.05) is 18.0 Å². The summed E-state index contributed by atoms with van der Waals surface area (Å²) >= 11 is 0. The molecule has 3 rings (SSSR count). The van der Waals surface area contributed by atoms with Gasteiger partial charge in [-0.05, 0) is 42.3 Å². The first-order valence-electron chi connectivity index (χ1n) is 10.9. The van der Waals surface area contributed by atoms with Crippen LogP contribution in [0.15, 0.2) is 97.0 Å². The van der Waals surface area contributed by atoms with Gasteiger partial charge in [-0.2, -0.15) is 0 Å². The van der Waals surface area contributed by atoms with Crippen LogP contribution in [0.1, 0.15) is 36.1 Å². The average molecular weight is 425 g/mol. The summed E-state index contributed by atoms with van der Waals surface area (Å²) in [7, 11) is 0. The Bertz CT molecular complexity index is 1100. The summed E-state index contributed by atoms with van der Waals surface area (Å²) < 4.78 is 0. The van der Waals surface area contributed by atoms with Gasteiger partial charge in [-0.3, -0.25) is 4.99 Å². The van der Waals surface area contributed by atoms with E-state index in [1.807, 2.05) is 61.5 Å². The monoisotopic (exact) mass is 424 g/mol. The zero-order valence-corrected chi connectivity index (χ0v) is 19.3. The van der Waals surface area contributed by atoms with Crippen molar-refractivity contribution in [3.05, 3.63) is 114 Å². The highest BCUT2D eigenvalue weighted by Gasteiger charge is 2.27. The second kappa shape index (κ2) is 10.1. The van der Waals surface area contributed by atoms with E-state index < -0.39 is 0 Å². The Kier molecular flexibility index (Phi) is 7.32. The van der Waals surface area contributed by atoms with Crippen LogP contribution < -0.4 is 4.90 Å². The molecule has 1 N–H and O–H groups in total. The molecular weight excluding hydrogens is 392 g/mol. The third kappa shape index (κ3) is 5.17. The topological polar surface area (TPSA) is 35.8 Å². The van der Waals surface area contributed by atoms with E-state index in [-0.39, 0.29) is 11.2 Å². The number of aromatic hydroxyl groups is 1. The van der Waals surface area contributed by atoms with Crippen molar-refractivity contribution in [1.29, 1.82) is 0 Å².